The van der Waals surface area contributed by atoms with Crippen LogP contribution in [0.4, 0.5) is 0 Å². The lowest BCUT2D eigenvalue weighted by Gasteiger charge is -2.33. The quantitative estimate of drug-likeness (QED) is 0.0855. The Hall–Kier alpha value is -5.76. The third-order valence-electron chi connectivity index (χ3n) is 10.3. The van der Waals surface area contributed by atoms with Gasteiger partial charge >= 0.3 is 11.9 Å². The minimum atomic E-state index is -0.972. The average Bonchev–Trinajstić information content (AvgIpc) is 3.25. The molecular formula is C44H60N12O6. The number of carbonyl (C=O) groups is 4. The molecule has 1 fully saturated rings. The molecule has 0 unspecified atom stereocenters. The molecule has 18 heteroatoms. The highest BCUT2D eigenvalue weighted by Gasteiger charge is 2.22. The Morgan fingerprint density at radius 2 is 0.726 bits per heavy atom. The summed E-state index contributed by atoms with van der Waals surface area (Å²) < 4.78 is 0. The van der Waals surface area contributed by atoms with Crippen molar-refractivity contribution >= 4 is 23.8 Å². The zero-order valence-electron chi connectivity index (χ0n) is 35.4. The van der Waals surface area contributed by atoms with E-state index in [1.165, 1.54) is 0 Å². The third kappa shape index (κ3) is 18.9. The van der Waals surface area contributed by atoms with Gasteiger partial charge in [-0.3, -0.25) is 68.5 Å². The highest BCUT2D eigenvalue weighted by atomic mass is 16.4. The summed E-state index contributed by atoms with van der Waals surface area (Å²) in [5.41, 5.74) is 3.63. The van der Waals surface area contributed by atoms with E-state index in [9.17, 15) is 29.4 Å². The Bertz CT molecular complexity index is 1680. The standard InChI is InChI=1S/C44H60N12O6/c57-41(49-17-19-55(29-37-9-1-5-13-45-37)30-38-10-2-6-14-46-38)33-51-21-25-53(35-43(59)60)27-23-52(24-28-54(26-22-51)36-44(61)62)34-42(58)50-18-20-56(31-39-11-3-7-15-47-39)32-40-12-4-8-16-48-40/h1-16H,17-36H2,(H,49,57)(H,50,58)(H,59,60)(H,61,62). The first-order valence-corrected chi connectivity index (χ1v) is 21.1. The highest BCUT2D eigenvalue weighted by Crippen LogP contribution is 2.08. The number of aliphatic carboxylic acids is 2. The van der Waals surface area contributed by atoms with Crippen molar-refractivity contribution in [1.29, 1.82) is 0 Å². The smallest absolute Gasteiger partial charge is 0.317 e. The van der Waals surface area contributed by atoms with Gasteiger partial charge in [-0.2, -0.15) is 0 Å². The second kappa shape index (κ2) is 26.5. The number of carboxylic acids is 2. The van der Waals surface area contributed by atoms with Crippen molar-refractivity contribution in [2.24, 2.45) is 0 Å². The summed E-state index contributed by atoms with van der Waals surface area (Å²) in [6, 6.07) is 23.1. The number of nitrogens with zero attached hydrogens (tertiary/aromatic N) is 10. The van der Waals surface area contributed by atoms with Gasteiger partial charge in [0.15, 0.2) is 0 Å². The lowest BCUT2D eigenvalue weighted by atomic mass is 10.3. The molecule has 5 rings (SSSR count). The van der Waals surface area contributed by atoms with Gasteiger partial charge in [0, 0.05) is 130 Å². The third-order valence-corrected chi connectivity index (χ3v) is 10.3. The topological polar surface area (TPSA) is 204 Å². The lowest BCUT2D eigenvalue weighted by Crippen LogP contribution is -2.50. The van der Waals surface area contributed by atoms with Crippen molar-refractivity contribution in [3.05, 3.63) is 120 Å². The van der Waals surface area contributed by atoms with Crippen LogP contribution in [0.15, 0.2) is 97.6 Å². The zero-order chi connectivity index (χ0) is 43.8. The molecule has 1 saturated heterocycles. The number of pyridine rings is 4. The van der Waals surface area contributed by atoms with Gasteiger partial charge in [0.25, 0.3) is 0 Å². The fraction of sp³-hybridized carbons (Fsp3) is 0.455. The number of rotatable bonds is 22. The Balaban J connectivity index is 1.15. The van der Waals surface area contributed by atoms with E-state index in [2.05, 4.69) is 40.4 Å². The maximum Gasteiger partial charge on any atom is 0.317 e. The van der Waals surface area contributed by atoms with Crippen LogP contribution in [0.3, 0.4) is 0 Å². The number of carbonyl (C=O) groups excluding carboxylic acids is 2. The SMILES string of the molecule is O=C(O)CN1CCN(CC(=O)NCCN(Cc2ccccn2)Cc2ccccn2)CCN(CC(=O)O)CCN(CC(=O)NCCN(Cc2ccccn2)Cc2ccccn2)CC1. The van der Waals surface area contributed by atoms with Crippen molar-refractivity contribution in [3.8, 4) is 0 Å². The largest absolute Gasteiger partial charge is 0.480 e. The number of amides is 2. The van der Waals surface area contributed by atoms with Gasteiger partial charge in [0.05, 0.1) is 49.0 Å². The average molecular weight is 853 g/mol. The van der Waals surface area contributed by atoms with E-state index in [0.717, 1.165) is 22.8 Å². The van der Waals surface area contributed by atoms with Crippen LogP contribution in [-0.4, -0.2) is 188 Å². The van der Waals surface area contributed by atoms with Gasteiger partial charge in [0.1, 0.15) is 0 Å². The van der Waals surface area contributed by atoms with Crippen molar-refractivity contribution < 1.29 is 29.4 Å². The Labute approximate surface area is 363 Å². The summed E-state index contributed by atoms with van der Waals surface area (Å²) in [6.45, 7) is 6.98. The molecular weight excluding hydrogens is 793 g/mol. The maximum absolute atomic E-state index is 13.4. The molecule has 4 aromatic rings. The molecule has 332 valence electrons. The summed E-state index contributed by atoms with van der Waals surface area (Å²) in [6.07, 6.45) is 7.02. The summed E-state index contributed by atoms with van der Waals surface area (Å²) in [7, 11) is 0. The van der Waals surface area contributed by atoms with Crippen LogP contribution >= 0.6 is 0 Å². The summed E-state index contributed by atoms with van der Waals surface area (Å²) >= 11 is 0. The molecule has 1 aliphatic rings. The molecule has 5 heterocycles. The minimum Gasteiger partial charge on any atom is -0.480 e. The first-order chi connectivity index (χ1) is 30.2. The second-order valence-electron chi connectivity index (χ2n) is 15.3. The molecule has 4 aromatic heterocycles. The number of aromatic nitrogens is 4. The molecule has 18 nitrogen and oxygen atoms in total. The van der Waals surface area contributed by atoms with E-state index in [1.54, 1.807) is 24.8 Å². The first kappa shape index (κ1) is 47.3. The van der Waals surface area contributed by atoms with Gasteiger partial charge in [-0.1, -0.05) is 24.3 Å². The second-order valence-corrected chi connectivity index (χ2v) is 15.3. The molecule has 2 amide bonds. The van der Waals surface area contributed by atoms with Gasteiger partial charge in [-0.15, -0.1) is 0 Å². The van der Waals surface area contributed by atoms with Crippen molar-refractivity contribution in [2.75, 3.05) is 105 Å². The fourth-order valence-corrected chi connectivity index (χ4v) is 7.13. The minimum absolute atomic E-state index is 0.0652. The molecule has 62 heavy (non-hydrogen) atoms. The van der Waals surface area contributed by atoms with Crippen LogP contribution in [-0.2, 0) is 45.4 Å². The monoisotopic (exact) mass is 852 g/mol. The van der Waals surface area contributed by atoms with E-state index >= 15 is 0 Å². The van der Waals surface area contributed by atoms with Crippen molar-refractivity contribution in [3.63, 3.8) is 0 Å². The van der Waals surface area contributed by atoms with E-state index in [0.29, 0.717) is 105 Å². The van der Waals surface area contributed by atoms with Crippen LogP contribution < -0.4 is 10.6 Å². The lowest BCUT2D eigenvalue weighted by molar-refractivity contribution is -0.139. The van der Waals surface area contributed by atoms with Crippen molar-refractivity contribution in [2.45, 2.75) is 26.2 Å². The van der Waals surface area contributed by atoms with Gasteiger partial charge < -0.3 is 20.8 Å². The number of nitrogens with one attached hydrogen (secondary N) is 2. The Morgan fingerprint density at radius 1 is 0.452 bits per heavy atom. The number of carboxylic acid groups (broad SMARTS) is 2. The van der Waals surface area contributed by atoms with Crippen LogP contribution in [0, 0.1) is 0 Å². The summed E-state index contributed by atoms with van der Waals surface area (Å²) in [4.78, 5) is 80.3. The van der Waals surface area contributed by atoms with Crippen LogP contribution in [0.5, 0.6) is 0 Å². The number of hydrogen-bond acceptors (Lipinski definition) is 14. The molecule has 1 aliphatic heterocycles. The maximum atomic E-state index is 13.4. The molecule has 0 bridgehead atoms. The van der Waals surface area contributed by atoms with Crippen LogP contribution in [0.1, 0.15) is 22.8 Å². The normalized spacial score (nSPS) is 15.1. The van der Waals surface area contributed by atoms with Gasteiger partial charge in [0.2, 0.25) is 11.8 Å². The number of hydrogen-bond donors (Lipinski definition) is 4. The molecule has 4 N–H and O–H groups in total. The predicted molar refractivity (Wildman–Crippen MR) is 232 cm³/mol. The van der Waals surface area contributed by atoms with Crippen molar-refractivity contribution in [1.82, 2.24) is 60.0 Å². The molecule has 0 aliphatic carbocycles. The van der Waals surface area contributed by atoms with Gasteiger partial charge in [-0.05, 0) is 48.5 Å². The van der Waals surface area contributed by atoms with Crippen LogP contribution in [0.25, 0.3) is 0 Å². The first-order valence-electron chi connectivity index (χ1n) is 21.1. The fourth-order valence-electron chi connectivity index (χ4n) is 7.13. The zero-order valence-corrected chi connectivity index (χ0v) is 35.4. The molecule has 0 aromatic carbocycles. The molecule has 0 spiro atoms. The van der Waals surface area contributed by atoms with E-state index < -0.39 is 11.9 Å². The predicted octanol–water partition coefficient (Wildman–Crippen LogP) is 0.594. The Morgan fingerprint density at radius 3 is 0.968 bits per heavy atom. The summed E-state index contributed by atoms with van der Waals surface area (Å²) in [5.74, 6) is -2.31. The van der Waals surface area contributed by atoms with E-state index in [4.69, 9.17) is 0 Å². The molecule has 0 atom stereocenters. The Kier molecular flexibility index (Phi) is 20.3. The van der Waals surface area contributed by atoms with Gasteiger partial charge in [-0.25, -0.2) is 0 Å². The van der Waals surface area contributed by atoms with E-state index in [1.807, 2.05) is 92.4 Å². The summed E-state index contributed by atoms with van der Waals surface area (Å²) in [5, 5.41) is 25.6. The van der Waals surface area contributed by atoms with E-state index in [-0.39, 0.29) is 38.0 Å². The highest BCUT2D eigenvalue weighted by molar-refractivity contribution is 5.78. The molecule has 0 radical (unpaired) electrons. The molecule has 0 saturated carbocycles. The van der Waals surface area contributed by atoms with Crippen LogP contribution in [0.2, 0.25) is 0 Å².